The standard InChI is InChI=1S/C16H13ClN2/c17-14-10-12(18)8-9-16(14)19-15-7-3-5-11-4-1-2-6-13(11)15/h1-10,19H,18H2. The first kappa shape index (κ1) is 11.9. The van der Waals surface area contributed by atoms with Crippen LogP contribution in [0, 0.1) is 0 Å². The Bertz CT molecular complexity index is 732. The first-order chi connectivity index (χ1) is 9.24. The maximum atomic E-state index is 6.19. The SMILES string of the molecule is Nc1ccc(Nc2cccc3ccccc23)c(Cl)c1. The van der Waals surface area contributed by atoms with E-state index in [0.29, 0.717) is 10.7 Å². The molecule has 0 unspecified atom stereocenters. The predicted octanol–water partition coefficient (Wildman–Crippen LogP) is 4.82. The van der Waals surface area contributed by atoms with E-state index in [-0.39, 0.29) is 0 Å². The summed E-state index contributed by atoms with van der Waals surface area (Å²) < 4.78 is 0. The number of nitrogens with one attached hydrogen (secondary N) is 1. The van der Waals surface area contributed by atoms with Crippen LogP contribution >= 0.6 is 11.6 Å². The summed E-state index contributed by atoms with van der Waals surface area (Å²) in [5, 5.41) is 6.33. The van der Waals surface area contributed by atoms with E-state index in [4.69, 9.17) is 17.3 Å². The number of nitrogens with two attached hydrogens (primary N) is 1. The van der Waals surface area contributed by atoms with E-state index in [1.165, 1.54) is 5.39 Å². The quantitative estimate of drug-likeness (QED) is 0.654. The van der Waals surface area contributed by atoms with Crippen LogP contribution in [0.2, 0.25) is 5.02 Å². The Kier molecular flexibility index (Phi) is 3.02. The second-order valence-corrected chi connectivity index (χ2v) is 4.80. The molecule has 3 heteroatoms. The highest BCUT2D eigenvalue weighted by molar-refractivity contribution is 6.33. The Morgan fingerprint density at radius 1 is 0.842 bits per heavy atom. The molecular formula is C16H13ClN2. The van der Waals surface area contributed by atoms with Gasteiger partial charge in [-0.15, -0.1) is 0 Å². The molecule has 19 heavy (non-hydrogen) atoms. The van der Waals surface area contributed by atoms with Crippen LogP contribution in [0.4, 0.5) is 17.1 Å². The van der Waals surface area contributed by atoms with Gasteiger partial charge in [-0.1, -0.05) is 48.0 Å². The van der Waals surface area contributed by atoms with Gasteiger partial charge >= 0.3 is 0 Å². The average molecular weight is 269 g/mol. The highest BCUT2D eigenvalue weighted by atomic mass is 35.5. The smallest absolute Gasteiger partial charge is 0.0661 e. The summed E-state index contributed by atoms with van der Waals surface area (Å²) in [6.45, 7) is 0. The number of anilines is 3. The number of benzene rings is 3. The van der Waals surface area contributed by atoms with Gasteiger partial charge in [0.2, 0.25) is 0 Å². The molecule has 0 radical (unpaired) electrons. The molecule has 0 fully saturated rings. The molecule has 2 nitrogen and oxygen atoms in total. The van der Waals surface area contributed by atoms with Crippen molar-refractivity contribution in [1.29, 1.82) is 0 Å². The van der Waals surface area contributed by atoms with Crippen LogP contribution in [-0.2, 0) is 0 Å². The van der Waals surface area contributed by atoms with Crippen LogP contribution in [0.25, 0.3) is 10.8 Å². The molecule has 3 aromatic rings. The number of hydrogen-bond donors (Lipinski definition) is 2. The molecule has 0 heterocycles. The van der Waals surface area contributed by atoms with E-state index >= 15 is 0 Å². The lowest BCUT2D eigenvalue weighted by Crippen LogP contribution is -1.93. The zero-order valence-corrected chi connectivity index (χ0v) is 11.0. The Hall–Kier alpha value is -2.19. The second kappa shape index (κ2) is 4.82. The van der Waals surface area contributed by atoms with Gasteiger partial charge in [0, 0.05) is 16.8 Å². The molecule has 0 aliphatic carbocycles. The fourth-order valence-electron chi connectivity index (χ4n) is 2.11. The summed E-state index contributed by atoms with van der Waals surface area (Å²) in [6, 6.07) is 19.8. The van der Waals surface area contributed by atoms with E-state index in [2.05, 4.69) is 23.5 Å². The van der Waals surface area contributed by atoms with Gasteiger partial charge in [-0.2, -0.15) is 0 Å². The minimum absolute atomic E-state index is 0.618. The molecule has 3 aromatic carbocycles. The van der Waals surface area contributed by atoms with E-state index in [1.807, 2.05) is 36.4 Å². The Morgan fingerprint density at radius 2 is 1.63 bits per heavy atom. The maximum Gasteiger partial charge on any atom is 0.0661 e. The highest BCUT2D eigenvalue weighted by Crippen LogP contribution is 2.30. The zero-order chi connectivity index (χ0) is 13.2. The third-order valence-corrected chi connectivity index (χ3v) is 3.36. The molecule has 0 atom stereocenters. The molecule has 0 aliphatic heterocycles. The van der Waals surface area contributed by atoms with Crippen LogP contribution in [0.3, 0.4) is 0 Å². The number of halogens is 1. The van der Waals surface area contributed by atoms with E-state index in [1.54, 1.807) is 6.07 Å². The Labute approximate surface area is 116 Å². The van der Waals surface area contributed by atoms with Gasteiger partial charge < -0.3 is 11.1 Å². The van der Waals surface area contributed by atoms with Crippen molar-refractivity contribution >= 4 is 39.4 Å². The van der Waals surface area contributed by atoms with E-state index in [0.717, 1.165) is 16.8 Å². The molecule has 0 spiro atoms. The summed E-state index contributed by atoms with van der Waals surface area (Å²) in [5.41, 5.74) is 8.25. The van der Waals surface area contributed by atoms with Gasteiger partial charge in [0.1, 0.15) is 0 Å². The van der Waals surface area contributed by atoms with Gasteiger partial charge in [-0.05, 0) is 29.7 Å². The molecule has 0 bridgehead atoms. The van der Waals surface area contributed by atoms with Crippen molar-refractivity contribution in [2.24, 2.45) is 0 Å². The Morgan fingerprint density at radius 3 is 2.47 bits per heavy atom. The number of nitrogen functional groups attached to an aromatic ring is 1. The summed E-state index contributed by atoms with van der Waals surface area (Å²) in [7, 11) is 0. The normalized spacial score (nSPS) is 10.6. The lowest BCUT2D eigenvalue weighted by Gasteiger charge is -2.11. The summed E-state index contributed by atoms with van der Waals surface area (Å²) >= 11 is 6.19. The van der Waals surface area contributed by atoms with Crippen molar-refractivity contribution < 1.29 is 0 Å². The van der Waals surface area contributed by atoms with Crippen LogP contribution < -0.4 is 11.1 Å². The first-order valence-electron chi connectivity index (χ1n) is 6.04. The summed E-state index contributed by atoms with van der Waals surface area (Å²) in [6.07, 6.45) is 0. The molecule has 3 N–H and O–H groups in total. The minimum atomic E-state index is 0.618. The van der Waals surface area contributed by atoms with Crippen molar-refractivity contribution in [2.45, 2.75) is 0 Å². The van der Waals surface area contributed by atoms with Gasteiger partial charge in [0.25, 0.3) is 0 Å². The fraction of sp³-hybridized carbons (Fsp3) is 0. The Balaban J connectivity index is 2.06. The molecule has 0 saturated carbocycles. The fourth-order valence-corrected chi connectivity index (χ4v) is 2.35. The molecule has 94 valence electrons. The molecule has 0 saturated heterocycles. The summed E-state index contributed by atoms with van der Waals surface area (Å²) in [5.74, 6) is 0. The minimum Gasteiger partial charge on any atom is -0.399 e. The van der Waals surface area contributed by atoms with Crippen LogP contribution in [0.15, 0.2) is 60.7 Å². The largest absolute Gasteiger partial charge is 0.399 e. The molecular weight excluding hydrogens is 256 g/mol. The third-order valence-electron chi connectivity index (χ3n) is 3.05. The van der Waals surface area contributed by atoms with Crippen LogP contribution in [-0.4, -0.2) is 0 Å². The molecule has 3 rings (SSSR count). The number of hydrogen-bond acceptors (Lipinski definition) is 2. The third kappa shape index (κ3) is 2.35. The van der Waals surface area contributed by atoms with Crippen molar-refractivity contribution in [3.63, 3.8) is 0 Å². The van der Waals surface area contributed by atoms with Gasteiger partial charge in [0.15, 0.2) is 0 Å². The highest BCUT2D eigenvalue weighted by Gasteiger charge is 2.04. The van der Waals surface area contributed by atoms with E-state index < -0.39 is 0 Å². The first-order valence-corrected chi connectivity index (χ1v) is 6.42. The lowest BCUT2D eigenvalue weighted by molar-refractivity contribution is 1.57. The summed E-state index contributed by atoms with van der Waals surface area (Å²) in [4.78, 5) is 0. The van der Waals surface area contributed by atoms with Gasteiger partial charge in [-0.25, -0.2) is 0 Å². The number of rotatable bonds is 2. The van der Waals surface area contributed by atoms with Crippen LogP contribution in [0.1, 0.15) is 0 Å². The predicted molar refractivity (Wildman–Crippen MR) is 83.1 cm³/mol. The van der Waals surface area contributed by atoms with Gasteiger partial charge in [0.05, 0.1) is 10.7 Å². The van der Waals surface area contributed by atoms with Crippen molar-refractivity contribution in [2.75, 3.05) is 11.1 Å². The molecule has 0 aliphatic rings. The van der Waals surface area contributed by atoms with Crippen molar-refractivity contribution in [3.8, 4) is 0 Å². The van der Waals surface area contributed by atoms with E-state index in [9.17, 15) is 0 Å². The monoisotopic (exact) mass is 268 g/mol. The average Bonchev–Trinajstić information content (AvgIpc) is 2.42. The number of fused-ring (bicyclic) bond motifs is 1. The second-order valence-electron chi connectivity index (χ2n) is 4.39. The maximum absolute atomic E-state index is 6.19. The lowest BCUT2D eigenvalue weighted by atomic mass is 10.1. The molecule has 0 aromatic heterocycles. The van der Waals surface area contributed by atoms with Crippen LogP contribution in [0.5, 0.6) is 0 Å². The van der Waals surface area contributed by atoms with Gasteiger partial charge in [-0.3, -0.25) is 0 Å². The topological polar surface area (TPSA) is 38.0 Å². The van der Waals surface area contributed by atoms with Crippen molar-refractivity contribution in [3.05, 3.63) is 65.7 Å². The zero-order valence-electron chi connectivity index (χ0n) is 10.2. The van der Waals surface area contributed by atoms with Crippen molar-refractivity contribution in [1.82, 2.24) is 0 Å². The molecule has 0 amide bonds.